The van der Waals surface area contributed by atoms with Crippen LogP contribution in [0.5, 0.6) is 0 Å². The summed E-state index contributed by atoms with van der Waals surface area (Å²) in [4.78, 5) is 12.3. The molecular formula is C20H26ClN3O. The Morgan fingerprint density at radius 3 is 2.48 bits per heavy atom. The number of anilines is 1. The summed E-state index contributed by atoms with van der Waals surface area (Å²) in [6.07, 6.45) is 5.36. The molecule has 0 unspecified atom stereocenters. The third kappa shape index (κ3) is 4.73. The molecule has 1 heterocycles. The number of aromatic nitrogens is 2. The van der Waals surface area contributed by atoms with Crippen LogP contribution in [0.2, 0.25) is 5.15 Å². The average Bonchev–Trinajstić information content (AvgIpc) is 2.80. The molecule has 0 atom stereocenters. The number of carbonyl (C=O) groups is 1. The number of halogens is 1. The van der Waals surface area contributed by atoms with E-state index in [4.69, 9.17) is 11.6 Å². The van der Waals surface area contributed by atoms with Gasteiger partial charge in [-0.15, -0.1) is 0 Å². The van der Waals surface area contributed by atoms with Crippen molar-refractivity contribution < 1.29 is 4.79 Å². The number of amides is 1. The molecule has 1 N–H and O–H groups in total. The average molecular weight is 360 g/mol. The molecule has 1 aromatic heterocycles. The lowest BCUT2D eigenvalue weighted by Gasteiger charge is -2.11. The lowest BCUT2D eigenvalue weighted by Crippen LogP contribution is -2.10. The second kappa shape index (κ2) is 8.34. The molecule has 0 saturated carbocycles. The molecule has 2 rings (SSSR count). The number of unbranched alkanes of at least 4 members (excludes halogenated alkanes) is 1. The van der Waals surface area contributed by atoms with Crippen LogP contribution in [0.15, 0.2) is 18.2 Å². The van der Waals surface area contributed by atoms with E-state index in [1.807, 2.05) is 27.7 Å². The molecule has 4 nitrogen and oxygen atoms in total. The van der Waals surface area contributed by atoms with Crippen LogP contribution in [-0.4, -0.2) is 15.7 Å². The van der Waals surface area contributed by atoms with Crippen molar-refractivity contribution in [2.45, 2.75) is 54.0 Å². The van der Waals surface area contributed by atoms with Gasteiger partial charge < -0.3 is 5.32 Å². The van der Waals surface area contributed by atoms with Gasteiger partial charge in [0.15, 0.2) is 0 Å². The zero-order chi connectivity index (χ0) is 18.6. The van der Waals surface area contributed by atoms with Crippen LogP contribution in [0.1, 0.15) is 47.7 Å². The highest BCUT2D eigenvalue weighted by Crippen LogP contribution is 2.23. The van der Waals surface area contributed by atoms with Crippen molar-refractivity contribution >= 4 is 29.3 Å². The number of aryl methyl sites for hydroxylation is 5. The number of nitrogens with zero attached hydrogens (tertiary/aromatic N) is 2. The monoisotopic (exact) mass is 359 g/mol. The maximum absolute atomic E-state index is 12.3. The van der Waals surface area contributed by atoms with Crippen LogP contribution in [0, 0.1) is 27.7 Å². The zero-order valence-corrected chi connectivity index (χ0v) is 16.4. The molecule has 0 bridgehead atoms. The molecule has 5 heteroatoms. The van der Waals surface area contributed by atoms with Gasteiger partial charge in [0.05, 0.1) is 5.69 Å². The lowest BCUT2D eigenvalue weighted by atomic mass is 10.1. The fourth-order valence-electron chi connectivity index (χ4n) is 2.91. The molecule has 0 spiro atoms. The van der Waals surface area contributed by atoms with Crippen molar-refractivity contribution in [3.8, 4) is 0 Å². The quantitative estimate of drug-likeness (QED) is 0.718. The summed E-state index contributed by atoms with van der Waals surface area (Å²) in [6, 6.07) is 4.12. The Kier molecular flexibility index (Phi) is 6.43. The van der Waals surface area contributed by atoms with Crippen LogP contribution in [0.3, 0.4) is 0 Å². The van der Waals surface area contributed by atoms with E-state index in [1.165, 1.54) is 11.6 Å². The predicted molar refractivity (Wildman–Crippen MR) is 105 cm³/mol. The smallest absolute Gasteiger partial charge is 0.248 e. The largest absolute Gasteiger partial charge is 0.322 e. The molecule has 0 saturated heterocycles. The first-order chi connectivity index (χ1) is 11.8. The van der Waals surface area contributed by atoms with Gasteiger partial charge in [0.2, 0.25) is 5.91 Å². The number of benzene rings is 1. The van der Waals surface area contributed by atoms with Crippen molar-refractivity contribution in [1.82, 2.24) is 9.78 Å². The summed E-state index contributed by atoms with van der Waals surface area (Å²) in [6.45, 7) is 10.9. The van der Waals surface area contributed by atoms with Crippen molar-refractivity contribution in [2.24, 2.45) is 0 Å². The predicted octanol–water partition coefficient (Wildman–Crippen LogP) is 5.22. The molecule has 0 fully saturated rings. The van der Waals surface area contributed by atoms with Gasteiger partial charge in [-0.25, -0.2) is 0 Å². The van der Waals surface area contributed by atoms with Gasteiger partial charge in [0.25, 0.3) is 0 Å². The van der Waals surface area contributed by atoms with E-state index >= 15 is 0 Å². The normalized spacial score (nSPS) is 11.3. The Morgan fingerprint density at radius 2 is 1.88 bits per heavy atom. The van der Waals surface area contributed by atoms with Gasteiger partial charge in [0, 0.05) is 23.9 Å². The van der Waals surface area contributed by atoms with E-state index in [9.17, 15) is 4.79 Å². The van der Waals surface area contributed by atoms with Crippen LogP contribution in [0.25, 0.3) is 6.08 Å². The number of hydrogen-bond acceptors (Lipinski definition) is 2. The lowest BCUT2D eigenvalue weighted by molar-refractivity contribution is -0.111. The zero-order valence-electron chi connectivity index (χ0n) is 15.6. The summed E-state index contributed by atoms with van der Waals surface area (Å²) in [5, 5.41) is 7.99. The van der Waals surface area contributed by atoms with Crippen LogP contribution >= 0.6 is 11.6 Å². The first-order valence-corrected chi connectivity index (χ1v) is 9.01. The summed E-state index contributed by atoms with van der Waals surface area (Å²) in [5.41, 5.74) is 5.78. The highest BCUT2D eigenvalue weighted by Gasteiger charge is 2.11. The number of hydrogen-bond donors (Lipinski definition) is 1. The molecule has 0 aliphatic rings. The third-order valence-corrected chi connectivity index (χ3v) is 4.56. The summed E-state index contributed by atoms with van der Waals surface area (Å²) >= 11 is 6.39. The third-order valence-electron chi connectivity index (χ3n) is 4.16. The highest BCUT2D eigenvalue weighted by atomic mass is 35.5. The van der Waals surface area contributed by atoms with Crippen LogP contribution in [0.4, 0.5) is 5.69 Å². The number of carbonyl (C=O) groups excluding carboxylic acids is 1. The van der Waals surface area contributed by atoms with Gasteiger partial charge in [-0.2, -0.15) is 5.10 Å². The number of rotatable bonds is 6. The van der Waals surface area contributed by atoms with Gasteiger partial charge in [-0.3, -0.25) is 9.48 Å². The van der Waals surface area contributed by atoms with Gasteiger partial charge in [-0.1, -0.05) is 42.6 Å². The molecule has 1 amide bonds. The van der Waals surface area contributed by atoms with E-state index in [-0.39, 0.29) is 5.91 Å². The molecule has 1 aromatic carbocycles. The first kappa shape index (κ1) is 19.3. The van der Waals surface area contributed by atoms with E-state index in [1.54, 1.807) is 10.8 Å². The summed E-state index contributed by atoms with van der Waals surface area (Å²) < 4.78 is 1.80. The van der Waals surface area contributed by atoms with Crippen molar-refractivity contribution in [2.75, 3.05) is 5.32 Å². The Bertz CT molecular complexity index is 783. The fourth-order valence-corrected chi connectivity index (χ4v) is 3.24. The van der Waals surface area contributed by atoms with E-state index < -0.39 is 0 Å². The Hall–Kier alpha value is -2.07. The molecule has 2 aromatic rings. The minimum absolute atomic E-state index is 0.174. The standard InChI is InChI=1S/C20H26ClN3O/c1-6-7-10-24-20(21)17(16(5)23-24)8-9-18(25)22-19-14(3)11-13(2)12-15(19)4/h8-9,11-12H,6-7,10H2,1-5H3,(H,22,25). The van der Waals surface area contributed by atoms with Gasteiger partial charge in [0.1, 0.15) is 5.15 Å². The summed E-state index contributed by atoms with van der Waals surface area (Å²) in [7, 11) is 0. The Balaban J connectivity index is 2.15. The second-order valence-electron chi connectivity index (χ2n) is 6.46. The second-order valence-corrected chi connectivity index (χ2v) is 6.82. The molecule has 25 heavy (non-hydrogen) atoms. The molecular weight excluding hydrogens is 334 g/mol. The molecule has 0 aliphatic heterocycles. The van der Waals surface area contributed by atoms with E-state index in [0.29, 0.717) is 5.15 Å². The van der Waals surface area contributed by atoms with E-state index in [2.05, 4.69) is 29.5 Å². The van der Waals surface area contributed by atoms with Crippen molar-refractivity contribution in [3.05, 3.63) is 51.3 Å². The maximum Gasteiger partial charge on any atom is 0.248 e. The molecule has 0 radical (unpaired) electrons. The minimum Gasteiger partial charge on any atom is -0.322 e. The maximum atomic E-state index is 12.3. The topological polar surface area (TPSA) is 46.9 Å². The van der Waals surface area contributed by atoms with Crippen LogP contribution < -0.4 is 5.32 Å². The van der Waals surface area contributed by atoms with Crippen molar-refractivity contribution in [3.63, 3.8) is 0 Å². The van der Waals surface area contributed by atoms with Gasteiger partial charge >= 0.3 is 0 Å². The van der Waals surface area contributed by atoms with Crippen molar-refractivity contribution in [1.29, 1.82) is 0 Å². The fraction of sp³-hybridized carbons (Fsp3) is 0.400. The summed E-state index contributed by atoms with van der Waals surface area (Å²) in [5.74, 6) is -0.174. The Morgan fingerprint density at radius 1 is 1.24 bits per heavy atom. The van der Waals surface area contributed by atoms with Crippen LogP contribution in [-0.2, 0) is 11.3 Å². The first-order valence-electron chi connectivity index (χ1n) is 8.63. The minimum atomic E-state index is -0.174. The molecule has 0 aliphatic carbocycles. The van der Waals surface area contributed by atoms with E-state index in [0.717, 1.165) is 47.5 Å². The van der Waals surface area contributed by atoms with Gasteiger partial charge in [-0.05, 0) is 51.3 Å². The SMILES string of the molecule is CCCCn1nc(C)c(C=CC(=O)Nc2c(C)cc(C)cc2C)c1Cl. The Labute approximate surface area is 154 Å². The number of nitrogens with one attached hydrogen (secondary N) is 1. The highest BCUT2D eigenvalue weighted by molar-refractivity contribution is 6.31. The molecule has 134 valence electrons.